The van der Waals surface area contributed by atoms with Gasteiger partial charge in [-0.15, -0.1) is 11.3 Å². The van der Waals surface area contributed by atoms with Crippen molar-refractivity contribution in [2.45, 2.75) is 11.4 Å². The number of hydrogen-bond donors (Lipinski definition) is 1. The highest BCUT2D eigenvalue weighted by Crippen LogP contribution is 2.29. The van der Waals surface area contributed by atoms with Crippen molar-refractivity contribution < 1.29 is 22.7 Å². The van der Waals surface area contributed by atoms with Crippen LogP contribution in [0.3, 0.4) is 0 Å². The average Bonchev–Trinajstić information content (AvgIpc) is 3.28. The number of benzene rings is 3. The molecule has 1 aromatic heterocycles. The normalized spacial score (nSPS) is 11.6. The number of rotatable bonds is 8. The number of carbonyl (C=O) groups excluding carboxylic acids is 2. The highest BCUT2D eigenvalue weighted by molar-refractivity contribution is 9.10. The topological polar surface area (TPSA) is 92.8 Å². The molecule has 4 rings (SSSR count). The third kappa shape index (κ3) is 6.51. The molecule has 0 saturated heterocycles. The molecule has 3 aromatic carbocycles. The number of nitrogens with one attached hydrogen (secondary N) is 1. The number of halogens is 3. The molecule has 0 aliphatic rings. The van der Waals surface area contributed by atoms with Gasteiger partial charge < -0.3 is 10.1 Å². The standard InChI is InChI=1S/C25H19BrCl2N2O5S2/c1-35-25(32)23-11-16-10-19(6-9-22(16)36-23)29-24(31)14-30(13-15-2-5-18(27)12-21(15)28)37(33,34)20-7-3-17(26)4-8-20/h2-12H,13-14H2,1H3,(H,29,31). The van der Waals surface area contributed by atoms with Crippen LogP contribution < -0.4 is 5.32 Å². The molecule has 0 aliphatic heterocycles. The summed E-state index contributed by atoms with van der Waals surface area (Å²) in [6.07, 6.45) is 0. The Morgan fingerprint density at radius 2 is 1.76 bits per heavy atom. The number of amides is 1. The van der Waals surface area contributed by atoms with Crippen molar-refractivity contribution in [2.24, 2.45) is 0 Å². The van der Waals surface area contributed by atoms with Crippen LogP contribution in [-0.4, -0.2) is 38.3 Å². The molecular weight excluding hydrogens is 623 g/mol. The summed E-state index contributed by atoms with van der Waals surface area (Å²) in [6, 6.07) is 17.7. The highest BCUT2D eigenvalue weighted by atomic mass is 79.9. The molecule has 0 unspecified atom stereocenters. The summed E-state index contributed by atoms with van der Waals surface area (Å²) in [5, 5.41) is 4.18. The van der Waals surface area contributed by atoms with Crippen LogP contribution in [0.15, 0.2) is 76.1 Å². The van der Waals surface area contributed by atoms with Crippen LogP contribution in [0.4, 0.5) is 5.69 Å². The number of fused-ring (bicyclic) bond motifs is 1. The van der Waals surface area contributed by atoms with Crippen molar-refractivity contribution in [3.8, 4) is 0 Å². The van der Waals surface area contributed by atoms with Gasteiger partial charge in [0.1, 0.15) is 4.88 Å². The largest absolute Gasteiger partial charge is 0.465 e. The second kappa shape index (κ2) is 11.5. The summed E-state index contributed by atoms with van der Waals surface area (Å²) in [4.78, 5) is 25.3. The van der Waals surface area contributed by atoms with E-state index in [0.29, 0.717) is 21.2 Å². The minimum absolute atomic E-state index is 0.0311. The Morgan fingerprint density at radius 3 is 2.43 bits per heavy atom. The zero-order chi connectivity index (χ0) is 26.7. The van der Waals surface area contributed by atoms with Crippen LogP contribution in [0.1, 0.15) is 15.2 Å². The van der Waals surface area contributed by atoms with E-state index < -0.39 is 28.4 Å². The number of methoxy groups -OCH3 is 1. The monoisotopic (exact) mass is 640 g/mol. The Morgan fingerprint density at radius 1 is 1.03 bits per heavy atom. The van der Waals surface area contributed by atoms with Crippen LogP contribution in [0.5, 0.6) is 0 Å². The maximum atomic E-state index is 13.5. The minimum atomic E-state index is -4.06. The van der Waals surface area contributed by atoms with Gasteiger partial charge in [0.05, 0.1) is 18.6 Å². The molecule has 0 saturated carbocycles. The van der Waals surface area contributed by atoms with Crippen molar-refractivity contribution in [3.63, 3.8) is 0 Å². The maximum absolute atomic E-state index is 13.5. The lowest BCUT2D eigenvalue weighted by molar-refractivity contribution is -0.116. The van der Waals surface area contributed by atoms with E-state index in [-0.39, 0.29) is 16.5 Å². The lowest BCUT2D eigenvalue weighted by Crippen LogP contribution is -2.37. The Kier molecular flexibility index (Phi) is 8.57. The molecule has 0 fully saturated rings. The maximum Gasteiger partial charge on any atom is 0.348 e. The molecule has 1 N–H and O–H groups in total. The molecule has 0 aliphatic carbocycles. The Balaban J connectivity index is 1.60. The number of nitrogens with zero attached hydrogens (tertiary/aromatic N) is 1. The van der Waals surface area contributed by atoms with Gasteiger partial charge in [0, 0.05) is 31.5 Å². The van der Waals surface area contributed by atoms with E-state index in [1.165, 1.54) is 36.6 Å². The van der Waals surface area contributed by atoms with E-state index in [2.05, 4.69) is 21.2 Å². The first-order valence-electron chi connectivity index (χ1n) is 10.7. The average molecular weight is 642 g/mol. The fraction of sp³-hybridized carbons (Fsp3) is 0.120. The number of ether oxygens (including phenoxy) is 1. The molecule has 1 heterocycles. The zero-order valence-corrected chi connectivity index (χ0v) is 23.9. The fourth-order valence-corrected chi connectivity index (χ4v) is 6.57. The molecule has 37 heavy (non-hydrogen) atoms. The molecule has 4 aromatic rings. The number of carbonyl (C=O) groups is 2. The van der Waals surface area contributed by atoms with E-state index >= 15 is 0 Å². The third-order valence-electron chi connectivity index (χ3n) is 5.32. The van der Waals surface area contributed by atoms with Crippen molar-refractivity contribution in [1.82, 2.24) is 4.31 Å². The van der Waals surface area contributed by atoms with E-state index in [1.807, 2.05) is 0 Å². The number of thiophene rings is 1. The van der Waals surface area contributed by atoms with E-state index in [4.69, 9.17) is 27.9 Å². The van der Waals surface area contributed by atoms with Crippen LogP contribution >= 0.6 is 50.5 Å². The molecular formula is C25H19BrCl2N2O5S2. The predicted molar refractivity (Wildman–Crippen MR) is 150 cm³/mol. The molecule has 0 radical (unpaired) electrons. The van der Waals surface area contributed by atoms with Crippen LogP contribution in [0.25, 0.3) is 10.1 Å². The first kappa shape index (κ1) is 27.6. The molecule has 192 valence electrons. The molecule has 12 heteroatoms. The van der Waals surface area contributed by atoms with Gasteiger partial charge in [0.2, 0.25) is 15.9 Å². The van der Waals surface area contributed by atoms with Gasteiger partial charge in [0.25, 0.3) is 0 Å². The second-order valence-electron chi connectivity index (χ2n) is 7.87. The summed E-state index contributed by atoms with van der Waals surface area (Å²) in [6.45, 7) is -0.611. The molecule has 0 bridgehead atoms. The predicted octanol–water partition coefficient (Wildman–Crippen LogP) is 6.59. The van der Waals surface area contributed by atoms with Gasteiger partial charge in [-0.2, -0.15) is 4.31 Å². The van der Waals surface area contributed by atoms with Gasteiger partial charge in [-0.05, 0) is 71.6 Å². The van der Waals surface area contributed by atoms with Crippen LogP contribution in [0, 0.1) is 0 Å². The van der Waals surface area contributed by atoms with Crippen molar-refractivity contribution in [3.05, 3.63) is 91.7 Å². The number of hydrogen-bond acceptors (Lipinski definition) is 6. The molecule has 1 amide bonds. The second-order valence-corrected chi connectivity index (χ2v) is 12.6. The summed E-state index contributed by atoms with van der Waals surface area (Å²) in [5.41, 5.74) is 0.951. The van der Waals surface area contributed by atoms with E-state index in [1.54, 1.807) is 48.5 Å². The quantitative estimate of drug-likeness (QED) is 0.219. The lowest BCUT2D eigenvalue weighted by Gasteiger charge is -2.22. The zero-order valence-electron chi connectivity index (χ0n) is 19.2. The van der Waals surface area contributed by atoms with Crippen molar-refractivity contribution in [1.29, 1.82) is 0 Å². The smallest absolute Gasteiger partial charge is 0.348 e. The van der Waals surface area contributed by atoms with Crippen LogP contribution in [0.2, 0.25) is 10.0 Å². The summed E-state index contributed by atoms with van der Waals surface area (Å²) >= 11 is 16.9. The van der Waals surface area contributed by atoms with Gasteiger partial charge >= 0.3 is 5.97 Å². The third-order valence-corrected chi connectivity index (χ3v) is 9.34. The fourth-order valence-electron chi connectivity index (χ4n) is 3.50. The van der Waals surface area contributed by atoms with Crippen LogP contribution in [-0.2, 0) is 26.1 Å². The Bertz CT molecular complexity index is 1590. The van der Waals surface area contributed by atoms with Gasteiger partial charge in [-0.1, -0.05) is 45.2 Å². The molecule has 0 spiro atoms. The number of sulfonamides is 1. The van der Waals surface area contributed by atoms with Gasteiger partial charge in [-0.3, -0.25) is 4.79 Å². The number of anilines is 1. The molecule has 0 atom stereocenters. The molecule has 7 nitrogen and oxygen atoms in total. The first-order chi connectivity index (χ1) is 17.6. The first-order valence-corrected chi connectivity index (χ1v) is 14.5. The summed E-state index contributed by atoms with van der Waals surface area (Å²) in [5.74, 6) is -0.991. The Hall–Kier alpha value is -2.47. The minimum Gasteiger partial charge on any atom is -0.465 e. The number of esters is 1. The SMILES string of the molecule is COC(=O)c1cc2cc(NC(=O)CN(Cc3ccc(Cl)cc3Cl)S(=O)(=O)c3ccc(Br)cc3)ccc2s1. The summed E-state index contributed by atoms with van der Waals surface area (Å²) < 4.78 is 34.4. The Labute approximate surface area is 236 Å². The van der Waals surface area contributed by atoms with Gasteiger partial charge in [0.15, 0.2) is 0 Å². The lowest BCUT2D eigenvalue weighted by atomic mass is 10.2. The van der Waals surface area contributed by atoms with Crippen molar-refractivity contribution in [2.75, 3.05) is 19.0 Å². The van der Waals surface area contributed by atoms with Crippen molar-refractivity contribution >= 4 is 88.1 Å². The highest BCUT2D eigenvalue weighted by Gasteiger charge is 2.28. The van der Waals surface area contributed by atoms with E-state index in [9.17, 15) is 18.0 Å². The van der Waals surface area contributed by atoms with Gasteiger partial charge in [-0.25, -0.2) is 13.2 Å². The summed E-state index contributed by atoms with van der Waals surface area (Å²) in [7, 11) is -2.75. The van der Waals surface area contributed by atoms with E-state index in [0.717, 1.165) is 18.9 Å².